The van der Waals surface area contributed by atoms with Crippen LogP contribution in [-0.4, -0.2) is 9.78 Å². The molecule has 0 bridgehead atoms. The van der Waals surface area contributed by atoms with Gasteiger partial charge in [-0.15, -0.1) is 0 Å². The third-order valence-corrected chi connectivity index (χ3v) is 2.84. The summed E-state index contributed by atoms with van der Waals surface area (Å²) in [6.45, 7) is 0.408. The Labute approximate surface area is 97.4 Å². The van der Waals surface area contributed by atoms with Gasteiger partial charge in [-0.3, -0.25) is 0 Å². The first-order valence-corrected chi connectivity index (χ1v) is 5.17. The van der Waals surface area contributed by atoms with Crippen LogP contribution < -0.4 is 5.73 Å². The number of nitrogens with two attached hydrogens (primary N) is 1. The number of hydrogen-bond acceptors (Lipinski definition) is 2. The van der Waals surface area contributed by atoms with E-state index in [0.29, 0.717) is 16.6 Å². The van der Waals surface area contributed by atoms with E-state index >= 15 is 0 Å². The standard InChI is InChI=1S/C10H9Cl2N3/c11-8-2-1-3-9(10(8)12)15-5-4-7(6-13)14-15/h1-5H,6,13H2. The Morgan fingerprint density at radius 3 is 2.73 bits per heavy atom. The van der Waals surface area contributed by atoms with E-state index in [1.165, 1.54) is 0 Å². The molecule has 2 N–H and O–H groups in total. The molecule has 15 heavy (non-hydrogen) atoms. The van der Waals surface area contributed by atoms with E-state index in [-0.39, 0.29) is 0 Å². The minimum absolute atomic E-state index is 0.408. The van der Waals surface area contributed by atoms with Crippen molar-refractivity contribution in [1.82, 2.24) is 9.78 Å². The van der Waals surface area contributed by atoms with Gasteiger partial charge in [0, 0.05) is 12.7 Å². The van der Waals surface area contributed by atoms with Crippen molar-refractivity contribution in [1.29, 1.82) is 0 Å². The molecule has 2 rings (SSSR count). The zero-order valence-corrected chi connectivity index (χ0v) is 9.33. The molecular formula is C10H9Cl2N3. The molecule has 0 amide bonds. The molecule has 0 saturated heterocycles. The number of nitrogens with zero attached hydrogens (tertiary/aromatic N) is 2. The lowest BCUT2D eigenvalue weighted by Crippen LogP contribution is -2.00. The van der Waals surface area contributed by atoms with Gasteiger partial charge in [-0.25, -0.2) is 4.68 Å². The lowest BCUT2D eigenvalue weighted by Gasteiger charge is -2.04. The van der Waals surface area contributed by atoms with Crippen molar-refractivity contribution < 1.29 is 0 Å². The maximum absolute atomic E-state index is 6.06. The normalized spacial score (nSPS) is 10.6. The first kappa shape index (κ1) is 10.5. The molecule has 0 aliphatic carbocycles. The maximum Gasteiger partial charge on any atom is 0.0849 e. The molecule has 1 aromatic carbocycles. The Kier molecular flexibility index (Phi) is 2.95. The van der Waals surface area contributed by atoms with Gasteiger partial charge in [-0.2, -0.15) is 5.10 Å². The molecule has 5 heteroatoms. The summed E-state index contributed by atoms with van der Waals surface area (Å²) in [6.07, 6.45) is 1.81. The molecular weight excluding hydrogens is 233 g/mol. The van der Waals surface area contributed by atoms with Gasteiger partial charge < -0.3 is 5.73 Å². The summed E-state index contributed by atoms with van der Waals surface area (Å²) in [7, 11) is 0. The lowest BCUT2D eigenvalue weighted by atomic mass is 10.3. The molecule has 2 aromatic rings. The number of halogens is 2. The van der Waals surface area contributed by atoms with Crippen LogP contribution >= 0.6 is 23.2 Å². The summed E-state index contributed by atoms with van der Waals surface area (Å²) in [4.78, 5) is 0. The van der Waals surface area contributed by atoms with Crippen LogP contribution in [0.15, 0.2) is 30.5 Å². The summed E-state index contributed by atoms with van der Waals surface area (Å²) in [5.41, 5.74) is 7.04. The third-order valence-electron chi connectivity index (χ3n) is 2.03. The van der Waals surface area contributed by atoms with Crippen LogP contribution in [-0.2, 0) is 6.54 Å². The summed E-state index contributed by atoms with van der Waals surface area (Å²) in [6, 6.07) is 7.26. The second-order valence-corrected chi connectivity index (χ2v) is 3.81. The summed E-state index contributed by atoms with van der Waals surface area (Å²) in [5.74, 6) is 0. The Morgan fingerprint density at radius 1 is 1.27 bits per heavy atom. The van der Waals surface area contributed by atoms with Crippen LogP contribution in [0.4, 0.5) is 0 Å². The SMILES string of the molecule is NCc1ccn(-c2cccc(Cl)c2Cl)n1. The zero-order chi connectivity index (χ0) is 10.8. The number of benzene rings is 1. The summed E-state index contributed by atoms with van der Waals surface area (Å²) < 4.78 is 1.66. The Bertz CT molecular complexity index is 479. The third kappa shape index (κ3) is 2.00. The smallest absolute Gasteiger partial charge is 0.0849 e. The predicted octanol–water partition coefficient (Wildman–Crippen LogP) is 2.64. The highest BCUT2D eigenvalue weighted by molar-refractivity contribution is 6.43. The first-order valence-electron chi connectivity index (χ1n) is 4.41. The van der Waals surface area contributed by atoms with Gasteiger partial charge in [0.05, 0.1) is 21.4 Å². The second kappa shape index (κ2) is 4.23. The largest absolute Gasteiger partial charge is 0.325 e. The molecule has 0 atom stereocenters. The second-order valence-electron chi connectivity index (χ2n) is 3.03. The molecule has 0 aliphatic heterocycles. The van der Waals surface area contributed by atoms with Crippen molar-refractivity contribution in [2.75, 3.05) is 0 Å². The van der Waals surface area contributed by atoms with Crippen molar-refractivity contribution in [2.45, 2.75) is 6.54 Å². The van der Waals surface area contributed by atoms with Gasteiger partial charge in [0.15, 0.2) is 0 Å². The van der Waals surface area contributed by atoms with Crippen molar-refractivity contribution in [3.63, 3.8) is 0 Å². The molecule has 0 radical (unpaired) electrons. The average Bonchev–Trinajstić information content (AvgIpc) is 2.70. The van der Waals surface area contributed by atoms with Crippen LogP contribution in [0.2, 0.25) is 10.0 Å². The lowest BCUT2D eigenvalue weighted by molar-refractivity contribution is 0.834. The number of aromatic nitrogens is 2. The van der Waals surface area contributed by atoms with Gasteiger partial charge in [0.25, 0.3) is 0 Å². The van der Waals surface area contributed by atoms with Gasteiger partial charge in [0.2, 0.25) is 0 Å². The molecule has 1 heterocycles. The number of hydrogen-bond donors (Lipinski definition) is 1. The van der Waals surface area contributed by atoms with Crippen LogP contribution in [0.5, 0.6) is 0 Å². The molecule has 0 saturated carbocycles. The van der Waals surface area contributed by atoms with Gasteiger partial charge in [-0.05, 0) is 18.2 Å². The molecule has 0 aliphatic rings. The maximum atomic E-state index is 6.06. The van der Waals surface area contributed by atoms with Crippen molar-refractivity contribution in [2.24, 2.45) is 5.73 Å². The summed E-state index contributed by atoms with van der Waals surface area (Å²) >= 11 is 12.0. The minimum Gasteiger partial charge on any atom is -0.325 e. The molecule has 78 valence electrons. The predicted molar refractivity (Wildman–Crippen MR) is 61.5 cm³/mol. The fraction of sp³-hybridized carbons (Fsp3) is 0.100. The van der Waals surface area contributed by atoms with Crippen molar-refractivity contribution >= 4 is 23.2 Å². The van der Waals surface area contributed by atoms with Crippen LogP contribution in [0.25, 0.3) is 5.69 Å². The monoisotopic (exact) mass is 241 g/mol. The average molecular weight is 242 g/mol. The van der Waals surface area contributed by atoms with E-state index in [0.717, 1.165) is 11.4 Å². The number of rotatable bonds is 2. The van der Waals surface area contributed by atoms with Gasteiger partial charge in [-0.1, -0.05) is 29.3 Å². The van der Waals surface area contributed by atoms with Crippen molar-refractivity contribution in [3.8, 4) is 5.69 Å². The Hall–Kier alpha value is -1.03. The topological polar surface area (TPSA) is 43.8 Å². The molecule has 3 nitrogen and oxygen atoms in total. The van der Waals surface area contributed by atoms with E-state index < -0.39 is 0 Å². The molecule has 0 fully saturated rings. The first-order chi connectivity index (χ1) is 7.22. The van der Waals surface area contributed by atoms with Crippen LogP contribution in [0, 0.1) is 0 Å². The van der Waals surface area contributed by atoms with E-state index in [4.69, 9.17) is 28.9 Å². The van der Waals surface area contributed by atoms with E-state index in [1.807, 2.05) is 18.2 Å². The zero-order valence-electron chi connectivity index (χ0n) is 7.82. The highest BCUT2D eigenvalue weighted by atomic mass is 35.5. The molecule has 0 unspecified atom stereocenters. The fourth-order valence-electron chi connectivity index (χ4n) is 1.27. The van der Waals surface area contributed by atoms with E-state index in [9.17, 15) is 0 Å². The molecule has 1 aromatic heterocycles. The van der Waals surface area contributed by atoms with Gasteiger partial charge >= 0.3 is 0 Å². The Balaban J connectivity index is 2.49. The molecule has 0 spiro atoms. The quantitative estimate of drug-likeness (QED) is 0.879. The Morgan fingerprint density at radius 2 is 2.07 bits per heavy atom. The summed E-state index contributed by atoms with van der Waals surface area (Å²) in [5, 5.41) is 5.25. The fourth-order valence-corrected chi connectivity index (χ4v) is 1.66. The highest BCUT2D eigenvalue weighted by Crippen LogP contribution is 2.27. The van der Waals surface area contributed by atoms with Crippen molar-refractivity contribution in [3.05, 3.63) is 46.2 Å². The van der Waals surface area contributed by atoms with Crippen LogP contribution in [0.3, 0.4) is 0 Å². The van der Waals surface area contributed by atoms with Gasteiger partial charge in [0.1, 0.15) is 0 Å². The van der Waals surface area contributed by atoms with E-state index in [1.54, 1.807) is 16.9 Å². The van der Waals surface area contributed by atoms with E-state index in [2.05, 4.69) is 5.10 Å². The van der Waals surface area contributed by atoms with Crippen LogP contribution in [0.1, 0.15) is 5.69 Å². The highest BCUT2D eigenvalue weighted by Gasteiger charge is 2.07. The minimum atomic E-state index is 0.408.